The highest BCUT2D eigenvalue weighted by molar-refractivity contribution is 7.98. The molecule has 0 saturated carbocycles. The summed E-state index contributed by atoms with van der Waals surface area (Å²) in [5.74, 6) is 1.04. The molecule has 0 aromatic rings. The average Bonchev–Trinajstić information content (AvgIpc) is 2.94. The van der Waals surface area contributed by atoms with Crippen molar-refractivity contribution >= 4 is 29.6 Å². The Labute approximate surface area is 126 Å². The van der Waals surface area contributed by atoms with Crippen molar-refractivity contribution in [3.05, 3.63) is 0 Å². The summed E-state index contributed by atoms with van der Waals surface area (Å²) >= 11 is 1.54. The largest absolute Gasteiger partial charge is 0.387 e. The predicted octanol–water partition coefficient (Wildman–Crippen LogP) is -1.69. The van der Waals surface area contributed by atoms with E-state index in [1.807, 2.05) is 6.26 Å². The lowest BCUT2D eigenvalue weighted by molar-refractivity contribution is -0.0521. The zero-order valence-electron chi connectivity index (χ0n) is 11.5. The third-order valence-electron chi connectivity index (χ3n) is 3.73. The van der Waals surface area contributed by atoms with E-state index in [0.29, 0.717) is 17.3 Å². The van der Waals surface area contributed by atoms with Gasteiger partial charge in [0.05, 0.1) is 12.6 Å². The molecule has 3 N–H and O–H groups in total. The van der Waals surface area contributed by atoms with Crippen molar-refractivity contribution in [1.82, 2.24) is 4.90 Å². The number of fused-ring (bicyclic) bond motifs is 1. The Morgan fingerprint density at radius 1 is 1.38 bits per heavy atom. The number of aliphatic imine (C=N–C) groups is 3. The number of amidine groups is 1. The van der Waals surface area contributed by atoms with Gasteiger partial charge in [-0.3, -0.25) is 9.98 Å². The number of hydrogen-bond donors (Lipinski definition) is 3. The fraction of sp³-hybridized carbons (Fsp3) is 0.750. The molecule has 3 aliphatic heterocycles. The van der Waals surface area contributed by atoms with Gasteiger partial charge in [0.15, 0.2) is 12.1 Å². The maximum absolute atomic E-state index is 10.2. The minimum absolute atomic E-state index is 0.214. The first-order chi connectivity index (χ1) is 10.1. The minimum Gasteiger partial charge on any atom is -0.387 e. The van der Waals surface area contributed by atoms with E-state index in [1.54, 1.807) is 16.7 Å². The van der Waals surface area contributed by atoms with Crippen LogP contribution in [0.4, 0.5) is 0 Å². The molecule has 116 valence electrons. The summed E-state index contributed by atoms with van der Waals surface area (Å²) in [5, 5.41) is 30.2. The van der Waals surface area contributed by atoms with E-state index >= 15 is 0 Å². The second-order valence-electron chi connectivity index (χ2n) is 5.11. The number of nitrogens with zero attached hydrogens (tertiary/aromatic N) is 4. The lowest BCUT2D eigenvalue weighted by Crippen LogP contribution is -2.48. The molecule has 21 heavy (non-hydrogen) atoms. The number of rotatable bonds is 3. The quantitative estimate of drug-likeness (QED) is 0.573. The SMILES string of the molecule is CSCC1O[C@@H](N2CN=C3C2=NC=NC[C@H]3O)[C@H](O)[C@@H]1O. The molecule has 8 nitrogen and oxygen atoms in total. The Kier molecular flexibility index (Phi) is 4.27. The molecule has 3 aliphatic rings. The van der Waals surface area contributed by atoms with Crippen LogP contribution < -0.4 is 0 Å². The van der Waals surface area contributed by atoms with E-state index < -0.39 is 30.6 Å². The highest BCUT2D eigenvalue weighted by Gasteiger charge is 2.48. The standard InChI is InChI=1S/C12H18N4O4S/c1-21-3-7-9(18)10(19)12(20-7)16-5-15-8-6(17)2-13-4-14-11(8)16/h4,6-7,9-10,12,17-19H,2-3,5H2,1H3/t6-,7?,9-,10-,12-/m1/s1. The molecule has 0 aliphatic carbocycles. The third kappa shape index (κ3) is 2.59. The Hall–Kier alpha value is -1.00. The first kappa shape index (κ1) is 14.9. The second kappa shape index (κ2) is 6.01. The minimum atomic E-state index is -1.04. The van der Waals surface area contributed by atoms with Crippen LogP contribution in [-0.4, -0.2) is 94.0 Å². The van der Waals surface area contributed by atoms with E-state index in [-0.39, 0.29) is 13.2 Å². The van der Waals surface area contributed by atoms with E-state index in [0.717, 1.165) is 0 Å². The Bertz CT molecular complexity index is 498. The summed E-state index contributed by atoms with van der Waals surface area (Å²) in [6, 6.07) is 0. The molecule has 0 spiro atoms. The summed E-state index contributed by atoms with van der Waals surface area (Å²) in [5.41, 5.74) is 0.450. The van der Waals surface area contributed by atoms with Crippen LogP contribution >= 0.6 is 11.8 Å². The van der Waals surface area contributed by atoms with E-state index in [9.17, 15) is 15.3 Å². The first-order valence-electron chi connectivity index (χ1n) is 6.69. The fourth-order valence-corrected chi connectivity index (χ4v) is 3.25. The van der Waals surface area contributed by atoms with Gasteiger partial charge in [-0.25, -0.2) is 4.99 Å². The molecular formula is C12H18N4O4S. The van der Waals surface area contributed by atoms with Crippen LogP contribution in [0.3, 0.4) is 0 Å². The van der Waals surface area contributed by atoms with Crippen LogP contribution in [0.1, 0.15) is 0 Å². The summed E-state index contributed by atoms with van der Waals surface area (Å²) < 4.78 is 5.76. The van der Waals surface area contributed by atoms with Gasteiger partial charge in [-0.2, -0.15) is 11.8 Å². The zero-order chi connectivity index (χ0) is 15.0. The van der Waals surface area contributed by atoms with Gasteiger partial charge in [-0.15, -0.1) is 0 Å². The van der Waals surface area contributed by atoms with Crippen molar-refractivity contribution in [2.24, 2.45) is 15.0 Å². The van der Waals surface area contributed by atoms with Crippen molar-refractivity contribution in [2.75, 3.05) is 25.2 Å². The van der Waals surface area contributed by atoms with Gasteiger partial charge in [0.25, 0.3) is 0 Å². The highest BCUT2D eigenvalue weighted by atomic mass is 32.2. The van der Waals surface area contributed by atoms with Gasteiger partial charge in [0.1, 0.15) is 37.0 Å². The number of ether oxygens (including phenoxy) is 1. The van der Waals surface area contributed by atoms with Gasteiger partial charge in [0, 0.05) is 5.75 Å². The molecule has 1 unspecified atom stereocenters. The number of aliphatic hydroxyl groups is 3. The first-order valence-corrected chi connectivity index (χ1v) is 8.09. The molecule has 0 bridgehead atoms. The Morgan fingerprint density at radius 2 is 2.19 bits per heavy atom. The van der Waals surface area contributed by atoms with Crippen LogP contribution in [0, 0.1) is 0 Å². The Balaban J connectivity index is 1.79. The zero-order valence-corrected chi connectivity index (χ0v) is 12.3. The molecule has 0 aromatic carbocycles. The van der Waals surface area contributed by atoms with Crippen LogP contribution in [0.5, 0.6) is 0 Å². The van der Waals surface area contributed by atoms with E-state index in [2.05, 4.69) is 15.0 Å². The predicted molar refractivity (Wildman–Crippen MR) is 80.0 cm³/mol. The van der Waals surface area contributed by atoms with E-state index in [4.69, 9.17) is 4.74 Å². The molecular weight excluding hydrogens is 296 g/mol. The molecule has 0 aromatic heterocycles. The van der Waals surface area contributed by atoms with Crippen molar-refractivity contribution < 1.29 is 20.1 Å². The Morgan fingerprint density at radius 3 is 2.95 bits per heavy atom. The fourth-order valence-electron chi connectivity index (χ4n) is 2.65. The van der Waals surface area contributed by atoms with Gasteiger partial charge in [-0.1, -0.05) is 0 Å². The van der Waals surface area contributed by atoms with Crippen molar-refractivity contribution in [3.63, 3.8) is 0 Å². The van der Waals surface area contributed by atoms with Crippen molar-refractivity contribution in [2.45, 2.75) is 30.6 Å². The molecule has 3 rings (SSSR count). The van der Waals surface area contributed by atoms with Crippen molar-refractivity contribution in [1.29, 1.82) is 0 Å². The lowest BCUT2D eigenvalue weighted by atomic mass is 10.1. The number of hydrogen-bond acceptors (Lipinski definition) is 9. The maximum Gasteiger partial charge on any atom is 0.162 e. The van der Waals surface area contributed by atoms with Crippen LogP contribution in [0.25, 0.3) is 0 Å². The summed E-state index contributed by atoms with van der Waals surface area (Å²) in [6.45, 7) is 0.449. The molecule has 3 heterocycles. The topological polar surface area (TPSA) is 110 Å². The van der Waals surface area contributed by atoms with Gasteiger partial charge >= 0.3 is 0 Å². The normalized spacial score (nSPS) is 39.0. The number of thioether (sulfide) groups is 1. The highest BCUT2D eigenvalue weighted by Crippen LogP contribution is 2.28. The van der Waals surface area contributed by atoms with Crippen molar-refractivity contribution in [3.8, 4) is 0 Å². The number of aliphatic hydroxyl groups excluding tert-OH is 3. The van der Waals surface area contributed by atoms with Crippen LogP contribution in [0.2, 0.25) is 0 Å². The maximum atomic E-state index is 10.2. The van der Waals surface area contributed by atoms with Crippen LogP contribution in [0.15, 0.2) is 15.0 Å². The molecule has 0 radical (unpaired) electrons. The average molecular weight is 314 g/mol. The van der Waals surface area contributed by atoms with Gasteiger partial charge in [0.2, 0.25) is 0 Å². The third-order valence-corrected chi connectivity index (χ3v) is 4.39. The second-order valence-corrected chi connectivity index (χ2v) is 6.02. The monoisotopic (exact) mass is 314 g/mol. The van der Waals surface area contributed by atoms with Gasteiger partial charge < -0.3 is 25.0 Å². The van der Waals surface area contributed by atoms with E-state index in [1.165, 1.54) is 6.34 Å². The summed E-state index contributed by atoms with van der Waals surface area (Å²) in [6.07, 6.45) is -0.679. The molecule has 1 fully saturated rings. The molecule has 1 saturated heterocycles. The molecule has 0 amide bonds. The summed E-state index contributed by atoms with van der Waals surface area (Å²) in [4.78, 5) is 14.0. The molecule has 5 atom stereocenters. The lowest BCUT2D eigenvalue weighted by Gasteiger charge is -2.27. The summed E-state index contributed by atoms with van der Waals surface area (Å²) in [7, 11) is 0. The van der Waals surface area contributed by atoms with Gasteiger partial charge in [-0.05, 0) is 6.26 Å². The molecule has 9 heteroatoms. The smallest absolute Gasteiger partial charge is 0.162 e. The van der Waals surface area contributed by atoms with Crippen LogP contribution in [-0.2, 0) is 4.74 Å².